The second-order valence-electron chi connectivity index (χ2n) is 6.46. The molecule has 0 saturated heterocycles. The predicted octanol–water partition coefficient (Wildman–Crippen LogP) is 3.27. The zero-order chi connectivity index (χ0) is 15.1. The number of aromatic nitrogens is 3. The predicted molar refractivity (Wildman–Crippen MR) is 82.2 cm³/mol. The molecule has 2 aromatic rings. The fourth-order valence-corrected chi connectivity index (χ4v) is 3.83. The molecule has 1 aromatic carbocycles. The molecule has 1 saturated carbocycles. The Hall–Kier alpha value is -1.39. The third kappa shape index (κ3) is 2.36. The summed E-state index contributed by atoms with van der Waals surface area (Å²) in [6.45, 7) is 4.69. The number of hydrogen-bond acceptors (Lipinski definition) is 3. The SMILES string of the molecule is CC1(C)C(c2ccccc2Cl)CCC1(O)Cn1cncn1. The van der Waals surface area contributed by atoms with E-state index >= 15 is 0 Å². The maximum Gasteiger partial charge on any atom is 0.137 e. The largest absolute Gasteiger partial charge is 0.387 e. The molecule has 0 bridgehead atoms. The number of benzene rings is 1. The Balaban J connectivity index is 1.92. The van der Waals surface area contributed by atoms with Crippen molar-refractivity contribution in [2.75, 3.05) is 0 Å². The molecular weight excluding hydrogens is 286 g/mol. The molecule has 0 aliphatic heterocycles. The van der Waals surface area contributed by atoms with Crippen LogP contribution in [0.5, 0.6) is 0 Å². The number of aliphatic hydroxyl groups is 1. The molecule has 0 spiro atoms. The van der Waals surface area contributed by atoms with E-state index in [9.17, 15) is 5.11 Å². The van der Waals surface area contributed by atoms with Gasteiger partial charge in [-0.15, -0.1) is 0 Å². The van der Waals surface area contributed by atoms with Crippen LogP contribution in [-0.4, -0.2) is 25.5 Å². The summed E-state index contributed by atoms with van der Waals surface area (Å²) in [5.41, 5.74) is 0.0211. The van der Waals surface area contributed by atoms with Crippen LogP contribution in [-0.2, 0) is 6.54 Å². The topological polar surface area (TPSA) is 50.9 Å². The van der Waals surface area contributed by atoms with Gasteiger partial charge in [0.15, 0.2) is 0 Å². The molecule has 1 aromatic heterocycles. The number of hydrogen-bond donors (Lipinski definition) is 1. The van der Waals surface area contributed by atoms with Crippen molar-refractivity contribution in [3.05, 3.63) is 47.5 Å². The average Bonchev–Trinajstić information content (AvgIpc) is 3.00. The Bertz CT molecular complexity index is 626. The van der Waals surface area contributed by atoms with Crippen molar-refractivity contribution >= 4 is 11.6 Å². The molecule has 1 aliphatic rings. The lowest BCUT2D eigenvalue weighted by atomic mass is 9.70. The number of rotatable bonds is 3. The molecule has 1 N–H and O–H groups in total. The summed E-state index contributed by atoms with van der Waals surface area (Å²) in [7, 11) is 0. The molecule has 4 nitrogen and oxygen atoms in total. The summed E-state index contributed by atoms with van der Waals surface area (Å²) in [4.78, 5) is 3.95. The summed E-state index contributed by atoms with van der Waals surface area (Å²) in [6.07, 6.45) is 4.80. The lowest BCUT2D eigenvalue weighted by Crippen LogP contribution is -2.45. The fourth-order valence-electron chi connectivity index (χ4n) is 3.56. The van der Waals surface area contributed by atoms with Crippen LogP contribution in [0.25, 0.3) is 0 Å². The molecule has 0 amide bonds. The van der Waals surface area contributed by atoms with E-state index in [2.05, 4.69) is 30.0 Å². The van der Waals surface area contributed by atoms with Crippen molar-refractivity contribution in [3.63, 3.8) is 0 Å². The number of halogens is 1. The number of nitrogens with zero attached hydrogens (tertiary/aromatic N) is 3. The van der Waals surface area contributed by atoms with E-state index in [0.717, 1.165) is 23.4 Å². The highest BCUT2D eigenvalue weighted by Gasteiger charge is 2.54. The van der Waals surface area contributed by atoms with E-state index in [1.54, 1.807) is 11.0 Å². The van der Waals surface area contributed by atoms with Gasteiger partial charge in [-0.2, -0.15) is 5.10 Å². The van der Waals surface area contributed by atoms with Crippen LogP contribution in [0.4, 0.5) is 0 Å². The first-order valence-electron chi connectivity index (χ1n) is 7.23. The van der Waals surface area contributed by atoms with E-state index in [1.807, 2.05) is 18.2 Å². The fraction of sp³-hybridized carbons (Fsp3) is 0.500. The highest BCUT2D eigenvalue weighted by molar-refractivity contribution is 6.31. The van der Waals surface area contributed by atoms with Crippen molar-refractivity contribution in [2.24, 2.45) is 5.41 Å². The molecule has 2 unspecified atom stereocenters. The van der Waals surface area contributed by atoms with Gasteiger partial charge in [0.1, 0.15) is 12.7 Å². The molecule has 5 heteroatoms. The van der Waals surface area contributed by atoms with E-state index in [0.29, 0.717) is 6.54 Å². The molecular formula is C16H20ClN3O. The smallest absolute Gasteiger partial charge is 0.137 e. The van der Waals surface area contributed by atoms with Gasteiger partial charge in [0.2, 0.25) is 0 Å². The zero-order valence-electron chi connectivity index (χ0n) is 12.3. The molecule has 1 heterocycles. The Labute approximate surface area is 129 Å². The summed E-state index contributed by atoms with van der Waals surface area (Å²) in [5, 5.41) is 16.1. The second kappa shape index (κ2) is 5.11. The van der Waals surface area contributed by atoms with Crippen LogP contribution < -0.4 is 0 Å². The summed E-state index contributed by atoms with van der Waals surface area (Å²) < 4.78 is 1.71. The Morgan fingerprint density at radius 2 is 2.14 bits per heavy atom. The minimum Gasteiger partial charge on any atom is -0.387 e. The van der Waals surface area contributed by atoms with Crippen molar-refractivity contribution in [2.45, 2.75) is 44.8 Å². The van der Waals surface area contributed by atoms with Crippen LogP contribution >= 0.6 is 11.6 Å². The Morgan fingerprint density at radius 1 is 1.38 bits per heavy atom. The van der Waals surface area contributed by atoms with E-state index in [1.165, 1.54) is 6.33 Å². The molecule has 2 atom stereocenters. The van der Waals surface area contributed by atoms with E-state index < -0.39 is 5.60 Å². The first-order valence-corrected chi connectivity index (χ1v) is 7.61. The van der Waals surface area contributed by atoms with Gasteiger partial charge in [0, 0.05) is 10.4 Å². The quantitative estimate of drug-likeness (QED) is 0.947. The summed E-state index contributed by atoms with van der Waals surface area (Å²) in [6, 6.07) is 7.93. The highest BCUT2D eigenvalue weighted by atomic mass is 35.5. The Kier molecular flexibility index (Phi) is 3.54. The van der Waals surface area contributed by atoms with Crippen LogP contribution in [0.3, 0.4) is 0 Å². The van der Waals surface area contributed by atoms with Gasteiger partial charge in [-0.25, -0.2) is 4.98 Å². The normalized spacial score (nSPS) is 27.9. The molecule has 1 fully saturated rings. The van der Waals surface area contributed by atoms with E-state index in [-0.39, 0.29) is 11.3 Å². The van der Waals surface area contributed by atoms with Gasteiger partial charge >= 0.3 is 0 Å². The lowest BCUT2D eigenvalue weighted by molar-refractivity contribution is -0.0641. The first-order chi connectivity index (χ1) is 9.94. The minimum atomic E-state index is -0.815. The first kappa shape index (κ1) is 14.5. The average molecular weight is 306 g/mol. The van der Waals surface area contributed by atoms with Crippen LogP contribution in [0.1, 0.15) is 38.2 Å². The lowest BCUT2D eigenvalue weighted by Gasteiger charge is -2.40. The molecule has 112 valence electrons. The monoisotopic (exact) mass is 305 g/mol. The summed E-state index contributed by atoms with van der Waals surface area (Å²) >= 11 is 6.36. The van der Waals surface area contributed by atoms with Crippen molar-refractivity contribution < 1.29 is 5.11 Å². The van der Waals surface area contributed by atoms with Crippen LogP contribution in [0.2, 0.25) is 5.02 Å². The third-order valence-corrected chi connectivity index (χ3v) is 5.43. The van der Waals surface area contributed by atoms with Crippen LogP contribution in [0, 0.1) is 5.41 Å². The standard InChI is InChI=1S/C16H20ClN3O/c1-15(2)13(12-5-3-4-6-14(12)17)7-8-16(15,21)9-20-11-18-10-19-20/h3-6,10-11,13,21H,7-9H2,1-2H3. The molecule has 1 aliphatic carbocycles. The van der Waals surface area contributed by atoms with Gasteiger partial charge in [-0.05, 0) is 30.4 Å². The molecule has 3 rings (SSSR count). The van der Waals surface area contributed by atoms with Crippen LogP contribution in [0.15, 0.2) is 36.9 Å². The van der Waals surface area contributed by atoms with Gasteiger partial charge in [0.05, 0.1) is 12.1 Å². The third-order valence-electron chi connectivity index (χ3n) is 5.09. The minimum absolute atomic E-state index is 0.236. The summed E-state index contributed by atoms with van der Waals surface area (Å²) in [5.74, 6) is 0.236. The maximum absolute atomic E-state index is 11.2. The Morgan fingerprint density at radius 3 is 2.81 bits per heavy atom. The molecule has 21 heavy (non-hydrogen) atoms. The van der Waals surface area contributed by atoms with Crippen molar-refractivity contribution in [3.8, 4) is 0 Å². The van der Waals surface area contributed by atoms with Crippen molar-refractivity contribution in [1.29, 1.82) is 0 Å². The zero-order valence-corrected chi connectivity index (χ0v) is 13.1. The van der Waals surface area contributed by atoms with Gasteiger partial charge < -0.3 is 5.11 Å². The van der Waals surface area contributed by atoms with Gasteiger partial charge in [0.25, 0.3) is 0 Å². The van der Waals surface area contributed by atoms with E-state index in [4.69, 9.17) is 11.6 Å². The highest BCUT2D eigenvalue weighted by Crippen LogP contribution is 2.56. The maximum atomic E-state index is 11.2. The van der Waals surface area contributed by atoms with Gasteiger partial charge in [-0.1, -0.05) is 43.6 Å². The second-order valence-corrected chi connectivity index (χ2v) is 6.87. The van der Waals surface area contributed by atoms with Crippen molar-refractivity contribution in [1.82, 2.24) is 14.8 Å². The molecule has 0 radical (unpaired) electrons. The van der Waals surface area contributed by atoms with Gasteiger partial charge in [-0.3, -0.25) is 4.68 Å².